The van der Waals surface area contributed by atoms with Gasteiger partial charge in [0.05, 0.1) is 22.8 Å². The molecule has 9 nitrogen and oxygen atoms in total. The lowest BCUT2D eigenvalue weighted by Gasteiger charge is -2.18. The van der Waals surface area contributed by atoms with Crippen LogP contribution in [0.15, 0.2) is 59.0 Å². The number of carboxylic acids is 1. The summed E-state index contributed by atoms with van der Waals surface area (Å²) in [6, 6.07) is 15.4. The van der Waals surface area contributed by atoms with E-state index in [0.717, 1.165) is 12.2 Å². The van der Waals surface area contributed by atoms with Crippen LogP contribution in [-0.2, 0) is 18.1 Å². The zero-order chi connectivity index (χ0) is 27.1. The Bertz CT molecular complexity index is 1460. The molecule has 12 heteroatoms. The molecule has 4 rings (SSSR count). The van der Waals surface area contributed by atoms with Crippen molar-refractivity contribution in [1.82, 2.24) is 9.97 Å². The summed E-state index contributed by atoms with van der Waals surface area (Å²) >= 11 is 13.0. The van der Waals surface area contributed by atoms with Gasteiger partial charge in [0, 0.05) is 22.9 Å². The molecule has 2 aromatic heterocycles. The van der Waals surface area contributed by atoms with Crippen molar-refractivity contribution in [1.29, 1.82) is 4.78 Å². The third-order valence-electron chi connectivity index (χ3n) is 5.47. The topological polar surface area (TPSA) is 136 Å². The Morgan fingerprint density at radius 1 is 1.08 bits per heavy atom. The molecule has 0 atom stereocenters. The minimum Gasteiger partial charge on any atom is -0.478 e. The van der Waals surface area contributed by atoms with E-state index in [4.69, 9.17) is 32.4 Å². The Morgan fingerprint density at radius 2 is 1.87 bits per heavy atom. The van der Waals surface area contributed by atoms with Crippen LogP contribution < -0.4 is 16.0 Å². The van der Waals surface area contributed by atoms with Gasteiger partial charge in [0.1, 0.15) is 23.0 Å². The number of aryl methyl sites for hydroxylation is 1. The quantitative estimate of drug-likeness (QED) is 0.0806. The van der Waals surface area contributed by atoms with Crippen LogP contribution in [0.2, 0.25) is 10.0 Å². The predicted octanol–water partition coefficient (Wildman–Crippen LogP) is 6.78. The fourth-order valence-corrected chi connectivity index (χ4v) is 4.41. The van der Waals surface area contributed by atoms with Crippen LogP contribution in [0, 0.1) is 11.7 Å². The molecule has 0 aliphatic heterocycles. The highest BCUT2D eigenvalue weighted by Crippen LogP contribution is 2.34. The van der Waals surface area contributed by atoms with Crippen molar-refractivity contribution in [3.05, 3.63) is 81.8 Å². The van der Waals surface area contributed by atoms with Gasteiger partial charge in [-0.2, -0.15) is 0 Å². The normalized spacial score (nSPS) is 10.8. The number of aromatic carboxylic acids is 1. The minimum atomic E-state index is -1.05. The van der Waals surface area contributed by atoms with E-state index in [9.17, 15) is 9.90 Å². The second kappa shape index (κ2) is 12.8. The highest BCUT2D eigenvalue weighted by molar-refractivity contribution is 7.66. The van der Waals surface area contributed by atoms with Gasteiger partial charge in [-0.15, -0.1) is 11.6 Å². The van der Waals surface area contributed by atoms with Gasteiger partial charge in [0.2, 0.25) is 0 Å². The summed E-state index contributed by atoms with van der Waals surface area (Å²) in [6.45, 7) is 2.67. The summed E-state index contributed by atoms with van der Waals surface area (Å²) in [7, 11) is 0. The monoisotopic (exact) mass is 572 g/mol. The number of hydrogen-bond acceptors (Lipinski definition) is 8. The highest BCUT2D eigenvalue weighted by atomic mass is 35.5. The number of furan rings is 1. The van der Waals surface area contributed by atoms with Crippen LogP contribution >= 0.6 is 23.2 Å². The molecule has 2 aromatic carbocycles. The second-order valence-electron chi connectivity index (χ2n) is 8.22. The van der Waals surface area contributed by atoms with E-state index in [1.165, 1.54) is 6.07 Å². The standard InChI is InChI=1S/C26H26Cl2N6O3S/c1-15-32-24(30-11-4-12-38-29)23(25(33-15)34-21-6-3-2-5-18(21)26(35)36)31-14-17-8-10-22(37-17)19-13-16(27)7-9-20(19)28/h2-3,5-10,13,29,31,38H,4,11-12,14H2,1H3,(H,35,36)(H2,30,32,33,34). The number of hydrogen-bond donors (Lipinski definition) is 6. The van der Waals surface area contributed by atoms with Gasteiger partial charge in [-0.05, 0) is 55.8 Å². The summed E-state index contributed by atoms with van der Waals surface area (Å²) in [4.78, 5) is 20.9. The number of aromatic nitrogens is 2. The van der Waals surface area contributed by atoms with Crippen molar-refractivity contribution in [2.75, 3.05) is 28.2 Å². The average Bonchev–Trinajstić information content (AvgIpc) is 3.36. The smallest absolute Gasteiger partial charge is 0.337 e. The first-order chi connectivity index (χ1) is 18.4. The third kappa shape index (κ3) is 6.83. The lowest BCUT2D eigenvalue weighted by atomic mass is 10.2. The van der Waals surface area contributed by atoms with Crippen molar-refractivity contribution >= 4 is 63.7 Å². The Labute approximate surface area is 233 Å². The molecule has 0 saturated heterocycles. The van der Waals surface area contributed by atoms with Crippen LogP contribution in [0.3, 0.4) is 0 Å². The average molecular weight is 574 g/mol. The molecule has 4 aromatic rings. The summed E-state index contributed by atoms with van der Waals surface area (Å²) in [6.07, 6.45) is 0.792. The zero-order valence-electron chi connectivity index (χ0n) is 20.4. The maximum Gasteiger partial charge on any atom is 0.337 e. The van der Waals surface area contributed by atoms with Gasteiger partial charge in [0.15, 0.2) is 11.6 Å². The van der Waals surface area contributed by atoms with Crippen LogP contribution in [0.25, 0.3) is 11.3 Å². The molecule has 0 spiro atoms. The van der Waals surface area contributed by atoms with Gasteiger partial charge < -0.3 is 25.5 Å². The number of rotatable bonds is 12. The molecule has 0 aliphatic rings. The van der Waals surface area contributed by atoms with E-state index in [-0.39, 0.29) is 5.56 Å². The summed E-state index contributed by atoms with van der Waals surface area (Å²) in [5, 5.41) is 20.5. The highest BCUT2D eigenvalue weighted by Gasteiger charge is 2.17. The van der Waals surface area contributed by atoms with Crippen LogP contribution in [0.4, 0.5) is 23.0 Å². The molecule has 0 aliphatic carbocycles. The fourth-order valence-electron chi connectivity index (χ4n) is 3.71. The van der Waals surface area contributed by atoms with Gasteiger partial charge in [-0.25, -0.2) is 14.8 Å². The van der Waals surface area contributed by atoms with Crippen LogP contribution in [0.1, 0.15) is 28.4 Å². The Morgan fingerprint density at radius 3 is 2.66 bits per heavy atom. The molecule has 2 heterocycles. The van der Waals surface area contributed by atoms with Crippen molar-refractivity contribution < 1.29 is 14.3 Å². The number of carboxylic acid groups (broad SMARTS) is 1. The number of anilines is 4. The number of para-hydroxylation sites is 1. The van der Waals surface area contributed by atoms with Gasteiger partial charge in [-0.3, -0.25) is 4.78 Å². The number of nitrogens with one attached hydrogen (secondary N) is 4. The van der Waals surface area contributed by atoms with E-state index in [1.807, 2.05) is 12.1 Å². The lowest BCUT2D eigenvalue weighted by Crippen LogP contribution is -2.13. The number of benzene rings is 2. The molecule has 0 amide bonds. The number of halogens is 2. The maximum atomic E-state index is 11.8. The van der Waals surface area contributed by atoms with Crippen molar-refractivity contribution in [3.63, 3.8) is 0 Å². The molecule has 0 bridgehead atoms. The fraction of sp³-hybridized carbons (Fsp3) is 0.192. The third-order valence-corrected chi connectivity index (χ3v) is 6.57. The van der Waals surface area contributed by atoms with E-state index >= 15 is 0 Å². The Balaban J connectivity index is 1.64. The van der Waals surface area contributed by atoms with Gasteiger partial charge in [0.25, 0.3) is 0 Å². The molecular formula is C26H26Cl2N6O3S. The molecule has 0 unspecified atom stereocenters. The first-order valence-electron chi connectivity index (χ1n) is 11.7. The summed E-state index contributed by atoms with van der Waals surface area (Å²) < 4.78 is 13.4. The summed E-state index contributed by atoms with van der Waals surface area (Å²) in [5.41, 5.74) is 1.76. The van der Waals surface area contributed by atoms with Crippen molar-refractivity contribution in [2.45, 2.75) is 19.9 Å². The first-order valence-corrected chi connectivity index (χ1v) is 13.5. The van der Waals surface area contributed by atoms with E-state index in [0.29, 0.717) is 80.6 Å². The maximum absolute atomic E-state index is 11.8. The number of nitrogens with zero attached hydrogens (tertiary/aromatic N) is 2. The van der Waals surface area contributed by atoms with E-state index in [2.05, 4.69) is 25.9 Å². The Kier molecular flexibility index (Phi) is 9.22. The second-order valence-corrected chi connectivity index (χ2v) is 9.83. The largest absolute Gasteiger partial charge is 0.478 e. The number of thiol groups is 1. The molecule has 0 fully saturated rings. The molecule has 0 saturated carbocycles. The van der Waals surface area contributed by atoms with Gasteiger partial charge in [-0.1, -0.05) is 35.3 Å². The summed E-state index contributed by atoms with van der Waals surface area (Å²) in [5.74, 6) is 2.37. The Hall–Kier alpha value is -3.60. The van der Waals surface area contributed by atoms with Crippen molar-refractivity contribution in [3.8, 4) is 11.3 Å². The van der Waals surface area contributed by atoms with E-state index in [1.54, 1.807) is 43.3 Å². The van der Waals surface area contributed by atoms with Crippen LogP contribution in [0.5, 0.6) is 0 Å². The lowest BCUT2D eigenvalue weighted by molar-refractivity contribution is 0.0698. The zero-order valence-corrected chi connectivity index (χ0v) is 22.8. The van der Waals surface area contributed by atoms with Gasteiger partial charge >= 0.3 is 5.97 Å². The first kappa shape index (κ1) is 27.4. The number of carbonyl (C=O) groups is 1. The molecule has 5 N–H and O–H groups in total. The molecular weight excluding hydrogens is 547 g/mol. The molecule has 0 radical (unpaired) electrons. The van der Waals surface area contributed by atoms with Crippen molar-refractivity contribution in [2.24, 2.45) is 0 Å². The SMILES string of the molecule is Cc1nc(NCCC[SH]=N)c(NCc2ccc(-c3cc(Cl)ccc3Cl)o2)c(Nc2ccccc2C(=O)O)n1. The molecule has 38 heavy (non-hydrogen) atoms. The molecule has 198 valence electrons. The van der Waals surface area contributed by atoms with E-state index < -0.39 is 5.97 Å². The van der Waals surface area contributed by atoms with Crippen LogP contribution in [-0.4, -0.2) is 33.3 Å². The minimum absolute atomic E-state index is 0.118. The predicted molar refractivity (Wildman–Crippen MR) is 154 cm³/mol.